The number of ether oxygens (including phenoxy) is 1. The fourth-order valence-corrected chi connectivity index (χ4v) is 3.60. The Balaban J connectivity index is 2.17. The van der Waals surface area contributed by atoms with E-state index in [-0.39, 0.29) is 23.8 Å². The molecule has 0 fully saturated rings. The zero-order valence-electron chi connectivity index (χ0n) is 18.6. The van der Waals surface area contributed by atoms with Crippen LogP contribution in [0.1, 0.15) is 44.4 Å². The molecule has 2 amide bonds. The predicted octanol–water partition coefficient (Wildman–Crippen LogP) is 4.60. The molecule has 162 valence electrons. The third-order valence-electron chi connectivity index (χ3n) is 5.00. The molecule has 2 aromatic carbocycles. The number of hydrogen-bond donors (Lipinski definition) is 1. The van der Waals surface area contributed by atoms with Crippen molar-refractivity contribution in [2.75, 3.05) is 13.7 Å². The molecule has 0 unspecified atom stereocenters. The summed E-state index contributed by atoms with van der Waals surface area (Å²) in [7, 11) is 1.57. The van der Waals surface area contributed by atoms with Gasteiger partial charge in [0.25, 0.3) is 5.91 Å². The molecule has 0 spiro atoms. The summed E-state index contributed by atoms with van der Waals surface area (Å²) in [6, 6.07) is 13.2. The fourth-order valence-electron chi connectivity index (χ4n) is 3.11. The summed E-state index contributed by atoms with van der Waals surface area (Å²) < 4.78 is 6.60. The average Bonchev–Trinajstić information content (AvgIpc) is 2.69. The molecular formula is C24H31BrN2O3. The molecule has 0 bridgehead atoms. The fraction of sp³-hybridized carbons (Fsp3) is 0.417. The summed E-state index contributed by atoms with van der Waals surface area (Å²) in [5, 5.41) is 2.62. The van der Waals surface area contributed by atoms with Crippen LogP contribution in [0.15, 0.2) is 46.9 Å². The van der Waals surface area contributed by atoms with Crippen molar-refractivity contribution >= 4 is 27.7 Å². The lowest BCUT2D eigenvalue weighted by molar-refractivity contribution is -0.142. The van der Waals surface area contributed by atoms with Crippen LogP contribution in [0.5, 0.6) is 5.75 Å². The lowest BCUT2D eigenvalue weighted by atomic mass is 9.87. The van der Waals surface area contributed by atoms with Crippen LogP contribution in [-0.2, 0) is 21.5 Å². The highest BCUT2D eigenvalue weighted by atomic mass is 79.9. The van der Waals surface area contributed by atoms with Gasteiger partial charge in [0.15, 0.2) is 6.61 Å². The van der Waals surface area contributed by atoms with Gasteiger partial charge in [-0.2, -0.15) is 0 Å². The number of nitrogens with zero attached hydrogens (tertiary/aromatic N) is 1. The van der Waals surface area contributed by atoms with Gasteiger partial charge >= 0.3 is 0 Å². The number of likely N-dealkylation sites (N-methyl/N-ethyl adjacent to an activating group) is 1. The number of nitrogens with one attached hydrogen (secondary N) is 1. The van der Waals surface area contributed by atoms with Crippen molar-refractivity contribution < 1.29 is 14.3 Å². The summed E-state index contributed by atoms with van der Waals surface area (Å²) in [4.78, 5) is 26.8. The number of aryl methyl sites for hydroxylation is 1. The van der Waals surface area contributed by atoms with Crippen molar-refractivity contribution in [3.05, 3.63) is 63.6 Å². The van der Waals surface area contributed by atoms with Crippen molar-refractivity contribution in [1.29, 1.82) is 0 Å². The van der Waals surface area contributed by atoms with E-state index < -0.39 is 6.04 Å². The normalized spacial score (nSPS) is 12.2. The van der Waals surface area contributed by atoms with E-state index >= 15 is 0 Å². The molecule has 1 atom stereocenters. The average molecular weight is 475 g/mol. The largest absolute Gasteiger partial charge is 0.483 e. The SMILES string of the molecule is CNC(=O)[C@@H](C)N(Cc1cccc(C)c1)C(=O)COc1ccc(C(C)(C)C)cc1Br. The maximum absolute atomic E-state index is 13.0. The van der Waals surface area contributed by atoms with E-state index in [9.17, 15) is 9.59 Å². The number of halogens is 1. The summed E-state index contributed by atoms with van der Waals surface area (Å²) in [6.07, 6.45) is 0. The van der Waals surface area contributed by atoms with Gasteiger partial charge in [0.1, 0.15) is 11.8 Å². The first-order valence-corrected chi connectivity index (χ1v) is 10.8. The Labute approximate surface area is 187 Å². The van der Waals surface area contributed by atoms with E-state index in [4.69, 9.17) is 4.74 Å². The van der Waals surface area contributed by atoms with Crippen molar-refractivity contribution in [3.63, 3.8) is 0 Å². The van der Waals surface area contributed by atoms with Gasteiger partial charge in [-0.1, -0.05) is 56.7 Å². The lowest BCUT2D eigenvalue weighted by Gasteiger charge is -2.28. The summed E-state index contributed by atoms with van der Waals surface area (Å²) in [5.74, 6) is 0.130. The minimum absolute atomic E-state index is 0.0183. The summed E-state index contributed by atoms with van der Waals surface area (Å²) in [6.45, 7) is 10.3. The molecule has 1 N–H and O–H groups in total. The Bertz CT molecular complexity index is 906. The maximum atomic E-state index is 13.0. The molecule has 0 heterocycles. The zero-order valence-corrected chi connectivity index (χ0v) is 20.2. The topological polar surface area (TPSA) is 58.6 Å². The monoisotopic (exact) mass is 474 g/mol. The second-order valence-corrected chi connectivity index (χ2v) is 9.34. The lowest BCUT2D eigenvalue weighted by Crippen LogP contribution is -2.48. The summed E-state index contributed by atoms with van der Waals surface area (Å²) in [5.41, 5.74) is 3.26. The molecule has 5 nitrogen and oxygen atoms in total. The standard InChI is InChI=1S/C24H31BrN2O3/c1-16-8-7-9-18(12-16)14-27(17(2)23(29)26-6)22(28)15-30-21-11-10-19(13-20(21)25)24(3,4)5/h7-13,17H,14-15H2,1-6H3,(H,26,29)/t17-/m1/s1. The molecule has 30 heavy (non-hydrogen) atoms. The molecule has 0 aromatic heterocycles. The smallest absolute Gasteiger partial charge is 0.261 e. The Kier molecular flexibility index (Phi) is 8.07. The van der Waals surface area contributed by atoms with Crippen LogP contribution in [0.3, 0.4) is 0 Å². The molecule has 0 saturated carbocycles. The van der Waals surface area contributed by atoms with Gasteiger partial charge in [0, 0.05) is 13.6 Å². The van der Waals surface area contributed by atoms with Gasteiger partial charge in [-0.05, 0) is 58.5 Å². The van der Waals surface area contributed by atoms with Crippen molar-refractivity contribution in [3.8, 4) is 5.75 Å². The number of rotatable bonds is 7. The number of carbonyl (C=O) groups excluding carboxylic acids is 2. The van der Waals surface area contributed by atoms with Crippen LogP contribution >= 0.6 is 15.9 Å². The number of hydrogen-bond acceptors (Lipinski definition) is 3. The Hall–Kier alpha value is -2.34. The van der Waals surface area contributed by atoms with Gasteiger partial charge in [-0.3, -0.25) is 9.59 Å². The molecule has 0 radical (unpaired) electrons. The van der Waals surface area contributed by atoms with Gasteiger partial charge in [-0.15, -0.1) is 0 Å². The van der Waals surface area contributed by atoms with Gasteiger partial charge < -0.3 is 15.0 Å². The number of carbonyl (C=O) groups is 2. The van der Waals surface area contributed by atoms with Crippen LogP contribution in [-0.4, -0.2) is 36.4 Å². The highest BCUT2D eigenvalue weighted by Crippen LogP contribution is 2.31. The molecule has 0 aliphatic heterocycles. The number of benzene rings is 2. The van der Waals surface area contributed by atoms with E-state index in [1.807, 2.05) is 49.4 Å². The first-order valence-electron chi connectivity index (χ1n) is 10.0. The maximum Gasteiger partial charge on any atom is 0.261 e. The summed E-state index contributed by atoms with van der Waals surface area (Å²) >= 11 is 3.54. The molecule has 0 saturated heterocycles. The van der Waals surface area contributed by atoms with E-state index in [2.05, 4.69) is 42.0 Å². The Morgan fingerprint density at radius 3 is 2.43 bits per heavy atom. The van der Waals surface area contributed by atoms with Crippen molar-refractivity contribution in [2.45, 2.75) is 52.6 Å². The minimum Gasteiger partial charge on any atom is -0.483 e. The van der Waals surface area contributed by atoms with Crippen LogP contribution in [0, 0.1) is 6.92 Å². The molecule has 2 aromatic rings. The van der Waals surface area contributed by atoms with Crippen LogP contribution < -0.4 is 10.1 Å². The van der Waals surface area contributed by atoms with Gasteiger partial charge in [0.05, 0.1) is 4.47 Å². The molecule has 0 aliphatic rings. The molecular weight excluding hydrogens is 444 g/mol. The number of amides is 2. The Morgan fingerprint density at radius 2 is 1.87 bits per heavy atom. The quantitative estimate of drug-likeness (QED) is 0.637. The third-order valence-corrected chi connectivity index (χ3v) is 5.62. The van der Waals surface area contributed by atoms with E-state index in [1.165, 1.54) is 5.56 Å². The Morgan fingerprint density at radius 1 is 1.17 bits per heavy atom. The van der Waals surface area contributed by atoms with Gasteiger partial charge in [0.2, 0.25) is 5.91 Å². The second kappa shape index (κ2) is 10.1. The van der Waals surface area contributed by atoms with E-state index in [1.54, 1.807) is 18.9 Å². The zero-order chi connectivity index (χ0) is 22.5. The van der Waals surface area contributed by atoms with Crippen LogP contribution in [0.4, 0.5) is 0 Å². The van der Waals surface area contributed by atoms with E-state index in [0.717, 1.165) is 15.6 Å². The highest BCUT2D eigenvalue weighted by Gasteiger charge is 2.26. The van der Waals surface area contributed by atoms with Crippen molar-refractivity contribution in [1.82, 2.24) is 10.2 Å². The first kappa shape index (κ1) is 23.9. The van der Waals surface area contributed by atoms with E-state index in [0.29, 0.717) is 12.3 Å². The minimum atomic E-state index is -0.613. The molecule has 2 rings (SSSR count). The third kappa shape index (κ3) is 6.33. The highest BCUT2D eigenvalue weighted by molar-refractivity contribution is 9.10. The van der Waals surface area contributed by atoms with Crippen molar-refractivity contribution in [2.24, 2.45) is 0 Å². The van der Waals surface area contributed by atoms with Crippen LogP contribution in [0.25, 0.3) is 0 Å². The first-order chi connectivity index (χ1) is 14.0. The second-order valence-electron chi connectivity index (χ2n) is 8.48. The van der Waals surface area contributed by atoms with Gasteiger partial charge in [-0.25, -0.2) is 0 Å². The predicted molar refractivity (Wildman–Crippen MR) is 124 cm³/mol. The molecule has 6 heteroatoms. The van der Waals surface area contributed by atoms with Crippen LogP contribution in [0.2, 0.25) is 0 Å². The molecule has 0 aliphatic carbocycles.